The summed E-state index contributed by atoms with van der Waals surface area (Å²) in [4.78, 5) is 27.3. The van der Waals surface area contributed by atoms with Crippen LogP contribution in [0.5, 0.6) is 0 Å². The Kier molecular flexibility index (Phi) is 2.00. The highest BCUT2D eigenvalue weighted by Gasteiger charge is 2.09. The minimum atomic E-state index is -1.30. The van der Waals surface area contributed by atoms with Crippen molar-refractivity contribution in [2.45, 2.75) is 0 Å². The van der Waals surface area contributed by atoms with Crippen LogP contribution in [0.1, 0.15) is 21.0 Å². The third-order valence-corrected chi connectivity index (χ3v) is 1.07. The molecule has 0 aliphatic carbocycles. The Morgan fingerprint density at radius 3 is 1.83 bits per heavy atom. The van der Waals surface area contributed by atoms with Gasteiger partial charge < -0.3 is 10.2 Å². The monoisotopic (exact) mass is 168 g/mol. The molecule has 62 valence electrons. The van der Waals surface area contributed by atoms with Gasteiger partial charge in [0.2, 0.25) is 0 Å². The summed E-state index contributed by atoms with van der Waals surface area (Å²) in [5.41, 5.74) is -0.759. The molecule has 0 atom stereocenters. The molecule has 1 aromatic rings. The van der Waals surface area contributed by atoms with E-state index >= 15 is 0 Å². The van der Waals surface area contributed by atoms with Crippen molar-refractivity contribution in [3.63, 3.8) is 0 Å². The van der Waals surface area contributed by atoms with E-state index in [0.717, 1.165) is 12.4 Å². The SMILES string of the molecule is O=C(O)c1cncc(C(=O)O)n1. The van der Waals surface area contributed by atoms with E-state index < -0.39 is 11.9 Å². The van der Waals surface area contributed by atoms with Crippen LogP contribution >= 0.6 is 0 Å². The normalized spacial score (nSPS) is 9.33. The fraction of sp³-hybridized carbons (Fsp3) is 0. The van der Waals surface area contributed by atoms with Crippen molar-refractivity contribution in [1.29, 1.82) is 0 Å². The zero-order chi connectivity index (χ0) is 9.14. The van der Waals surface area contributed by atoms with Gasteiger partial charge in [-0.15, -0.1) is 0 Å². The molecule has 0 spiro atoms. The van der Waals surface area contributed by atoms with Gasteiger partial charge in [0.05, 0.1) is 12.4 Å². The number of carboxylic acid groups (broad SMARTS) is 2. The summed E-state index contributed by atoms with van der Waals surface area (Å²) in [6.07, 6.45) is 1.96. The second-order valence-corrected chi connectivity index (χ2v) is 1.90. The summed E-state index contributed by atoms with van der Waals surface area (Å²) in [6.45, 7) is 0. The zero-order valence-electron chi connectivity index (χ0n) is 5.76. The standard InChI is InChI=1S/C6H4N2O4/c9-5(10)3-1-7-2-4(8-3)6(11)12/h1-2H,(H,9,10)(H,11,12). The molecule has 0 fully saturated rings. The van der Waals surface area contributed by atoms with Crippen molar-refractivity contribution in [3.05, 3.63) is 23.8 Å². The molecule has 6 nitrogen and oxygen atoms in total. The average Bonchev–Trinajstić information content (AvgIpc) is 2.04. The molecule has 0 saturated carbocycles. The largest absolute Gasteiger partial charge is 0.476 e. The van der Waals surface area contributed by atoms with Crippen LogP contribution in [0.15, 0.2) is 12.4 Å². The molecule has 0 aliphatic rings. The average molecular weight is 168 g/mol. The molecule has 1 heterocycles. The molecule has 0 amide bonds. The van der Waals surface area contributed by atoms with Crippen molar-refractivity contribution in [3.8, 4) is 0 Å². The Morgan fingerprint density at radius 1 is 1.08 bits per heavy atom. The summed E-state index contributed by atoms with van der Waals surface area (Å²) < 4.78 is 0. The van der Waals surface area contributed by atoms with Crippen molar-refractivity contribution < 1.29 is 19.8 Å². The van der Waals surface area contributed by atoms with Crippen LogP contribution in [0.25, 0.3) is 0 Å². The lowest BCUT2D eigenvalue weighted by atomic mass is 10.4. The Hall–Kier alpha value is -1.98. The molecule has 2 N–H and O–H groups in total. The molecular formula is C6H4N2O4. The molecule has 0 aromatic carbocycles. The van der Waals surface area contributed by atoms with Crippen LogP contribution < -0.4 is 0 Å². The highest BCUT2D eigenvalue weighted by molar-refractivity contribution is 5.89. The van der Waals surface area contributed by atoms with Crippen LogP contribution in [-0.4, -0.2) is 32.1 Å². The smallest absolute Gasteiger partial charge is 0.356 e. The minimum Gasteiger partial charge on any atom is -0.476 e. The second-order valence-electron chi connectivity index (χ2n) is 1.90. The molecule has 1 aromatic heterocycles. The van der Waals surface area contributed by atoms with E-state index in [-0.39, 0.29) is 11.4 Å². The van der Waals surface area contributed by atoms with Crippen molar-refractivity contribution >= 4 is 11.9 Å². The summed E-state index contributed by atoms with van der Waals surface area (Å²) >= 11 is 0. The Bertz CT molecular complexity index is 307. The lowest BCUT2D eigenvalue weighted by Crippen LogP contribution is -2.07. The van der Waals surface area contributed by atoms with Crippen LogP contribution in [0.2, 0.25) is 0 Å². The van der Waals surface area contributed by atoms with Crippen LogP contribution in [-0.2, 0) is 0 Å². The van der Waals surface area contributed by atoms with E-state index in [1.54, 1.807) is 0 Å². The first-order chi connectivity index (χ1) is 5.61. The molecule has 0 unspecified atom stereocenters. The lowest BCUT2D eigenvalue weighted by Gasteiger charge is -1.93. The maximum absolute atomic E-state index is 10.3. The zero-order valence-corrected chi connectivity index (χ0v) is 5.76. The first-order valence-corrected chi connectivity index (χ1v) is 2.90. The number of carbonyl (C=O) groups is 2. The van der Waals surface area contributed by atoms with E-state index in [4.69, 9.17) is 10.2 Å². The number of aromatic carboxylic acids is 2. The third-order valence-electron chi connectivity index (χ3n) is 1.07. The van der Waals surface area contributed by atoms with Gasteiger partial charge in [0.15, 0.2) is 11.4 Å². The topological polar surface area (TPSA) is 100 Å². The molecule has 0 saturated heterocycles. The van der Waals surface area contributed by atoms with Crippen molar-refractivity contribution in [2.75, 3.05) is 0 Å². The molecule has 12 heavy (non-hydrogen) atoms. The molecular weight excluding hydrogens is 164 g/mol. The van der Waals surface area contributed by atoms with Gasteiger partial charge >= 0.3 is 11.9 Å². The van der Waals surface area contributed by atoms with Crippen LogP contribution in [0, 0.1) is 0 Å². The molecule has 6 heteroatoms. The summed E-state index contributed by atoms with van der Waals surface area (Å²) in [5.74, 6) is -2.60. The van der Waals surface area contributed by atoms with Gasteiger partial charge in [0.25, 0.3) is 0 Å². The van der Waals surface area contributed by atoms with Gasteiger partial charge in [0, 0.05) is 0 Å². The highest BCUT2D eigenvalue weighted by atomic mass is 16.4. The first-order valence-electron chi connectivity index (χ1n) is 2.90. The summed E-state index contributed by atoms with van der Waals surface area (Å²) in [6, 6.07) is 0. The minimum absolute atomic E-state index is 0.380. The second kappa shape index (κ2) is 2.95. The first kappa shape index (κ1) is 8.12. The van der Waals surface area contributed by atoms with E-state index in [9.17, 15) is 9.59 Å². The maximum atomic E-state index is 10.3. The molecule has 0 aliphatic heterocycles. The Balaban J connectivity index is 3.12. The molecule has 0 bridgehead atoms. The number of hydrogen-bond donors (Lipinski definition) is 2. The van der Waals surface area contributed by atoms with Gasteiger partial charge in [-0.1, -0.05) is 0 Å². The van der Waals surface area contributed by atoms with Gasteiger partial charge in [-0.3, -0.25) is 4.98 Å². The number of carboxylic acids is 2. The quantitative estimate of drug-likeness (QED) is 0.638. The summed E-state index contributed by atoms with van der Waals surface area (Å²) in [5, 5.41) is 16.8. The Morgan fingerprint density at radius 2 is 1.50 bits per heavy atom. The van der Waals surface area contributed by atoms with E-state index in [1.165, 1.54) is 0 Å². The van der Waals surface area contributed by atoms with E-state index in [1.807, 2.05) is 0 Å². The Labute approximate surface area is 66.5 Å². The molecule has 1 rings (SSSR count). The third kappa shape index (κ3) is 1.54. The van der Waals surface area contributed by atoms with Crippen molar-refractivity contribution in [1.82, 2.24) is 9.97 Å². The summed E-state index contributed by atoms with van der Waals surface area (Å²) in [7, 11) is 0. The number of hydrogen-bond acceptors (Lipinski definition) is 4. The van der Waals surface area contributed by atoms with E-state index in [2.05, 4.69) is 9.97 Å². The number of aromatic nitrogens is 2. The predicted molar refractivity (Wildman–Crippen MR) is 36.0 cm³/mol. The lowest BCUT2D eigenvalue weighted by molar-refractivity contribution is 0.0684. The number of nitrogens with zero attached hydrogens (tertiary/aromatic N) is 2. The van der Waals surface area contributed by atoms with Gasteiger partial charge in [-0.25, -0.2) is 14.6 Å². The van der Waals surface area contributed by atoms with Gasteiger partial charge in [-0.2, -0.15) is 0 Å². The van der Waals surface area contributed by atoms with Crippen molar-refractivity contribution in [2.24, 2.45) is 0 Å². The molecule has 0 radical (unpaired) electrons. The van der Waals surface area contributed by atoms with Gasteiger partial charge in [0.1, 0.15) is 0 Å². The predicted octanol–water partition coefficient (Wildman–Crippen LogP) is -0.127. The number of rotatable bonds is 2. The van der Waals surface area contributed by atoms with Gasteiger partial charge in [-0.05, 0) is 0 Å². The fourth-order valence-electron chi connectivity index (χ4n) is 0.572. The van der Waals surface area contributed by atoms with Crippen LogP contribution in [0.4, 0.5) is 0 Å². The van der Waals surface area contributed by atoms with E-state index in [0.29, 0.717) is 0 Å². The fourth-order valence-corrected chi connectivity index (χ4v) is 0.572. The van der Waals surface area contributed by atoms with Crippen LogP contribution in [0.3, 0.4) is 0 Å². The highest BCUT2D eigenvalue weighted by Crippen LogP contribution is 1.95. The maximum Gasteiger partial charge on any atom is 0.356 e.